The molecule has 1 rings (SSSR count). The summed E-state index contributed by atoms with van der Waals surface area (Å²) in [6.45, 7) is 3.59. The molecule has 4 nitrogen and oxygen atoms in total. The third-order valence-corrected chi connectivity index (χ3v) is 2.27. The van der Waals surface area contributed by atoms with Crippen molar-refractivity contribution in [2.45, 2.75) is 6.54 Å². The molecule has 4 heteroatoms. The maximum absolute atomic E-state index is 5.54. The fourth-order valence-electron chi connectivity index (χ4n) is 1.40. The fourth-order valence-corrected chi connectivity index (χ4v) is 1.40. The summed E-state index contributed by atoms with van der Waals surface area (Å²) in [6.07, 6.45) is 0. The zero-order chi connectivity index (χ0) is 12.3. The highest BCUT2D eigenvalue weighted by molar-refractivity contribution is 5.28. The van der Waals surface area contributed by atoms with E-state index in [1.807, 2.05) is 18.2 Å². The van der Waals surface area contributed by atoms with E-state index in [-0.39, 0.29) is 0 Å². The van der Waals surface area contributed by atoms with Gasteiger partial charge in [-0.15, -0.1) is 0 Å². The molecule has 1 aromatic rings. The quantitative estimate of drug-likeness (QED) is 0.662. The van der Waals surface area contributed by atoms with Crippen LogP contribution in [0.5, 0.6) is 5.75 Å². The fraction of sp³-hybridized carbons (Fsp3) is 0.538. The van der Waals surface area contributed by atoms with Crippen LogP contribution in [-0.4, -0.2) is 40.6 Å². The second kappa shape index (κ2) is 8.98. The number of rotatable bonds is 9. The SMILES string of the molecule is COCCNCc1cccc(OCCOC)c1. The molecule has 0 amide bonds. The molecule has 0 saturated carbocycles. The monoisotopic (exact) mass is 239 g/mol. The van der Waals surface area contributed by atoms with Gasteiger partial charge >= 0.3 is 0 Å². The highest BCUT2D eigenvalue weighted by Gasteiger charge is 1.97. The zero-order valence-electron chi connectivity index (χ0n) is 10.6. The Hall–Kier alpha value is -1.10. The maximum atomic E-state index is 5.54. The van der Waals surface area contributed by atoms with E-state index in [1.54, 1.807) is 14.2 Å². The molecule has 0 aliphatic carbocycles. The van der Waals surface area contributed by atoms with Crippen LogP contribution in [0, 0.1) is 0 Å². The number of hydrogen-bond acceptors (Lipinski definition) is 4. The van der Waals surface area contributed by atoms with Crippen molar-refractivity contribution in [2.75, 3.05) is 40.6 Å². The molecule has 0 fully saturated rings. The Morgan fingerprint density at radius 2 is 1.88 bits per heavy atom. The second-order valence-electron chi connectivity index (χ2n) is 3.66. The van der Waals surface area contributed by atoms with Crippen LogP contribution in [0.1, 0.15) is 5.56 Å². The van der Waals surface area contributed by atoms with Crippen molar-refractivity contribution in [1.82, 2.24) is 5.32 Å². The Bertz CT molecular complexity index is 304. The van der Waals surface area contributed by atoms with Crippen molar-refractivity contribution in [1.29, 1.82) is 0 Å². The zero-order valence-corrected chi connectivity index (χ0v) is 10.6. The van der Waals surface area contributed by atoms with Crippen LogP contribution in [0.15, 0.2) is 24.3 Å². The van der Waals surface area contributed by atoms with E-state index in [0.717, 1.165) is 25.4 Å². The van der Waals surface area contributed by atoms with Gasteiger partial charge in [-0.3, -0.25) is 0 Å². The van der Waals surface area contributed by atoms with Crippen molar-refractivity contribution in [3.8, 4) is 5.75 Å². The first-order valence-corrected chi connectivity index (χ1v) is 5.77. The van der Waals surface area contributed by atoms with Gasteiger partial charge in [0, 0.05) is 27.3 Å². The lowest BCUT2D eigenvalue weighted by molar-refractivity contribution is 0.146. The van der Waals surface area contributed by atoms with Crippen LogP contribution in [0.4, 0.5) is 0 Å². The average Bonchev–Trinajstić information content (AvgIpc) is 2.36. The van der Waals surface area contributed by atoms with Crippen molar-refractivity contribution in [3.05, 3.63) is 29.8 Å². The number of benzene rings is 1. The smallest absolute Gasteiger partial charge is 0.119 e. The van der Waals surface area contributed by atoms with Crippen LogP contribution >= 0.6 is 0 Å². The van der Waals surface area contributed by atoms with Gasteiger partial charge in [0.2, 0.25) is 0 Å². The minimum atomic E-state index is 0.580. The lowest BCUT2D eigenvalue weighted by Crippen LogP contribution is -2.18. The van der Waals surface area contributed by atoms with E-state index in [0.29, 0.717) is 13.2 Å². The van der Waals surface area contributed by atoms with E-state index >= 15 is 0 Å². The van der Waals surface area contributed by atoms with Gasteiger partial charge in [0.25, 0.3) is 0 Å². The summed E-state index contributed by atoms with van der Waals surface area (Å²) >= 11 is 0. The molecule has 0 aromatic heterocycles. The molecule has 17 heavy (non-hydrogen) atoms. The van der Waals surface area contributed by atoms with Crippen LogP contribution < -0.4 is 10.1 Å². The molecule has 0 radical (unpaired) electrons. The predicted octanol–water partition coefficient (Wildman–Crippen LogP) is 1.45. The van der Waals surface area contributed by atoms with E-state index in [1.165, 1.54) is 5.56 Å². The van der Waals surface area contributed by atoms with Crippen molar-refractivity contribution >= 4 is 0 Å². The molecular formula is C13H21NO3. The van der Waals surface area contributed by atoms with Gasteiger partial charge in [0.1, 0.15) is 12.4 Å². The molecule has 0 aliphatic rings. The highest BCUT2D eigenvalue weighted by Crippen LogP contribution is 2.12. The van der Waals surface area contributed by atoms with E-state index in [9.17, 15) is 0 Å². The van der Waals surface area contributed by atoms with Gasteiger partial charge in [0.15, 0.2) is 0 Å². The summed E-state index contributed by atoms with van der Waals surface area (Å²) in [5.41, 5.74) is 1.20. The Kier molecular flexibility index (Phi) is 7.38. The normalized spacial score (nSPS) is 10.5. The summed E-state index contributed by atoms with van der Waals surface area (Å²) in [7, 11) is 3.37. The summed E-state index contributed by atoms with van der Waals surface area (Å²) < 4.78 is 15.4. The van der Waals surface area contributed by atoms with E-state index in [4.69, 9.17) is 14.2 Å². The van der Waals surface area contributed by atoms with Gasteiger partial charge in [0.05, 0.1) is 13.2 Å². The molecule has 0 unspecified atom stereocenters. The molecule has 1 aromatic carbocycles. The number of ether oxygens (including phenoxy) is 3. The summed E-state index contributed by atoms with van der Waals surface area (Å²) in [4.78, 5) is 0. The molecule has 0 aliphatic heterocycles. The molecule has 96 valence electrons. The minimum Gasteiger partial charge on any atom is -0.491 e. The largest absolute Gasteiger partial charge is 0.491 e. The maximum Gasteiger partial charge on any atom is 0.119 e. The van der Waals surface area contributed by atoms with Gasteiger partial charge in [-0.05, 0) is 17.7 Å². The summed E-state index contributed by atoms with van der Waals surface area (Å²) in [6, 6.07) is 8.06. The number of nitrogens with one attached hydrogen (secondary N) is 1. The molecular weight excluding hydrogens is 218 g/mol. The average molecular weight is 239 g/mol. The summed E-state index contributed by atoms with van der Waals surface area (Å²) in [5, 5.41) is 3.29. The first kappa shape index (κ1) is 14.0. The Morgan fingerprint density at radius 1 is 1.06 bits per heavy atom. The minimum absolute atomic E-state index is 0.580. The highest BCUT2D eigenvalue weighted by atomic mass is 16.5. The third-order valence-electron chi connectivity index (χ3n) is 2.27. The van der Waals surface area contributed by atoms with Gasteiger partial charge in [-0.1, -0.05) is 12.1 Å². The van der Waals surface area contributed by atoms with Crippen LogP contribution in [0.25, 0.3) is 0 Å². The van der Waals surface area contributed by atoms with Gasteiger partial charge in [-0.2, -0.15) is 0 Å². The Morgan fingerprint density at radius 3 is 2.65 bits per heavy atom. The number of methoxy groups -OCH3 is 2. The van der Waals surface area contributed by atoms with Gasteiger partial charge < -0.3 is 19.5 Å². The van der Waals surface area contributed by atoms with Crippen LogP contribution in [0.3, 0.4) is 0 Å². The molecule has 0 bridgehead atoms. The van der Waals surface area contributed by atoms with Crippen LogP contribution in [-0.2, 0) is 16.0 Å². The molecule has 0 saturated heterocycles. The van der Waals surface area contributed by atoms with Crippen molar-refractivity contribution in [3.63, 3.8) is 0 Å². The van der Waals surface area contributed by atoms with E-state index in [2.05, 4.69) is 11.4 Å². The lowest BCUT2D eigenvalue weighted by atomic mass is 10.2. The Labute approximate surface area is 103 Å². The first-order valence-electron chi connectivity index (χ1n) is 5.77. The number of hydrogen-bond donors (Lipinski definition) is 1. The van der Waals surface area contributed by atoms with Crippen molar-refractivity contribution in [2.24, 2.45) is 0 Å². The van der Waals surface area contributed by atoms with Crippen molar-refractivity contribution < 1.29 is 14.2 Å². The Balaban J connectivity index is 2.31. The topological polar surface area (TPSA) is 39.7 Å². The molecule has 0 spiro atoms. The molecule has 0 atom stereocenters. The standard InChI is InChI=1S/C13H21NO3/c1-15-7-6-14-11-12-4-3-5-13(10-12)17-9-8-16-2/h3-5,10,14H,6-9,11H2,1-2H3. The second-order valence-corrected chi connectivity index (χ2v) is 3.66. The lowest BCUT2D eigenvalue weighted by Gasteiger charge is -2.08. The van der Waals surface area contributed by atoms with Gasteiger partial charge in [-0.25, -0.2) is 0 Å². The van der Waals surface area contributed by atoms with Crippen LogP contribution in [0.2, 0.25) is 0 Å². The summed E-state index contributed by atoms with van der Waals surface area (Å²) in [5.74, 6) is 0.882. The third kappa shape index (κ3) is 6.26. The molecule has 1 N–H and O–H groups in total. The predicted molar refractivity (Wildman–Crippen MR) is 67.4 cm³/mol. The van der Waals surface area contributed by atoms with E-state index < -0.39 is 0 Å². The first-order chi connectivity index (χ1) is 8.36. The molecule has 0 heterocycles.